The second kappa shape index (κ2) is 6.67. The van der Waals surface area contributed by atoms with E-state index >= 15 is 0 Å². The number of likely N-dealkylation sites (tertiary alicyclic amines) is 1. The van der Waals surface area contributed by atoms with Gasteiger partial charge in [0.25, 0.3) is 5.91 Å². The van der Waals surface area contributed by atoms with Gasteiger partial charge in [-0.1, -0.05) is 0 Å². The number of imidazole rings is 1. The van der Waals surface area contributed by atoms with Crippen molar-refractivity contribution in [3.63, 3.8) is 0 Å². The van der Waals surface area contributed by atoms with Crippen LogP contribution < -0.4 is 11.0 Å². The van der Waals surface area contributed by atoms with Gasteiger partial charge in [0.2, 0.25) is 5.91 Å². The van der Waals surface area contributed by atoms with Crippen molar-refractivity contribution in [3.05, 3.63) is 34.3 Å². The van der Waals surface area contributed by atoms with Gasteiger partial charge in [0.1, 0.15) is 5.69 Å². The molecule has 2 aliphatic rings. The lowest BCUT2D eigenvalue weighted by Gasteiger charge is -2.25. The number of aromatic amines is 2. The molecule has 2 aromatic rings. The number of H-pyrrole nitrogens is 2. The lowest BCUT2D eigenvalue weighted by Crippen LogP contribution is -2.44. The highest BCUT2D eigenvalue weighted by Gasteiger charge is 2.52. The number of carbonyl (C=O) groups excluding carboxylic acids is 2. The van der Waals surface area contributed by atoms with Crippen LogP contribution in [0.4, 0.5) is 0 Å². The summed E-state index contributed by atoms with van der Waals surface area (Å²) in [6.07, 6.45) is 6.80. The number of aryl methyl sites for hydroxylation is 2. The molecule has 2 amide bonds. The van der Waals surface area contributed by atoms with Crippen LogP contribution in [0.2, 0.25) is 0 Å². The van der Waals surface area contributed by atoms with E-state index in [0.717, 1.165) is 25.0 Å². The van der Waals surface area contributed by atoms with Crippen molar-refractivity contribution in [2.45, 2.75) is 37.6 Å². The number of amides is 2. The minimum atomic E-state index is -0.299. The Balaban J connectivity index is 1.33. The van der Waals surface area contributed by atoms with Crippen molar-refractivity contribution in [2.24, 2.45) is 13.0 Å². The summed E-state index contributed by atoms with van der Waals surface area (Å²) >= 11 is 0. The molecule has 1 aliphatic heterocycles. The first-order valence-electron chi connectivity index (χ1n) is 9.17. The van der Waals surface area contributed by atoms with Gasteiger partial charge < -0.3 is 19.8 Å². The second-order valence-electron chi connectivity index (χ2n) is 7.49. The molecule has 0 aromatic carbocycles. The van der Waals surface area contributed by atoms with Crippen molar-refractivity contribution in [2.75, 3.05) is 13.1 Å². The van der Waals surface area contributed by atoms with Gasteiger partial charge in [-0.05, 0) is 19.3 Å². The van der Waals surface area contributed by atoms with Gasteiger partial charge >= 0.3 is 5.69 Å². The zero-order valence-corrected chi connectivity index (χ0v) is 15.2. The second-order valence-corrected chi connectivity index (χ2v) is 7.49. The van der Waals surface area contributed by atoms with Crippen molar-refractivity contribution in [1.29, 1.82) is 0 Å². The Kier molecular flexibility index (Phi) is 4.33. The average Bonchev–Trinajstić information content (AvgIpc) is 3.06. The Morgan fingerprint density at radius 2 is 2.22 bits per heavy atom. The quantitative estimate of drug-likeness (QED) is 0.633. The van der Waals surface area contributed by atoms with Crippen molar-refractivity contribution in [3.8, 4) is 0 Å². The molecule has 3 heterocycles. The maximum Gasteiger partial charge on any atom is 0.325 e. The topological polar surface area (TPSA) is 129 Å². The van der Waals surface area contributed by atoms with Gasteiger partial charge in [-0.3, -0.25) is 9.59 Å². The fourth-order valence-corrected chi connectivity index (χ4v) is 3.86. The number of nitrogens with one attached hydrogen (secondary N) is 3. The third-order valence-corrected chi connectivity index (χ3v) is 5.62. The first-order valence-corrected chi connectivity index (χ1v) is 9.17. The van der Waals surface area contributed by atoms with Crippen LogP contribution in [-0.2, 0) is 18.3 Å². The van der Waals surface area contributed by atoms with E-state index in [1.165, 1.54) is 10.8 Å². The predicted octanol–water partition coefficient (Wildman–Crippen LogP) is -0.425. The van der Waals surface area contributed by atoms with Gasteiger partial charge in [0, 0.05) is 50.6 Å². The normalized spacial score (nSPS) is 20.6. The van der Waals surface area contributed by atoms with E-state index in [0.29, 0.717) is 31.6 Å². The van der Waals surface area contributed by atoms with Crippen LogP contribution in [0.25, 0.3) is 0 Å². The molecule has 4 rings (SSSR count). The summed E-state index contributed by atoms with van der Waals surface area (Å²) in [4.78, 5) is 40.8. The minimum absolute atomic E-state index is 0.00710. The highest BCUT2D eigenvalue weighted by molar-refractivity contribution is 5.92. The summed E-state index contributed by atoms with van der Waals surface area (Å²) < 4.78 is 1.36. The van der Waals surface area contributed by atoms with Gasteiger partial charge in [-0.25, -0.2) is 4.79 Å². The average molecular weight is 373 g/mol. The zero-order valence-electron chi connectivity index (χ0n) is 15.2. The highest BCUT2D eigenvalue weighted by Crippen LogP contribution is 2.46. The molecule has 1 aliphatic carbocycles. The summed E-state index contributed by atoms with van der Waals surface area (Å²) in [6, 6.07) is 0. The van der Waals surface area contributed by atoms with Crippen LogP contribution in [0, 0.1) is 5.92 Å². The van der Waals surface area contributed by atoms with E-state index in [1.807, 2.05) is 0 Å². The van der Waals surface area contributed by atoms with Gasteiger partial charge in [-0.15, -0.1) is 0 Å². The van der Waals surface area contributed by atoms with Crippen molar-refractivity contribution >= 4 is 11.8 Å². The predicted molar refractivity (Wildman–Crippen MR) is 94.9 cm³/mol. The van der Waals surface area contributed by atoms with Gasteiger partial charge in [0.05, 0.1) is 11.9 Å². The van der Waals surface area contributed by atoms with E-state index in [9.17, 15) is 14.4 Å². The first kappa shape index (κ1) is 17.5. The maximum atomic E-state index is 12.6. The lowest BCUT2D eigenvalue weighted by atomic mass is 9.96. The van der Waals surface area contributed by atoms with Crippen LogP contribution in [0.5, 0.6) is 0 Å². The third kappa shape index (κ3) is 3.51. The standard InChI is InChI=1S/C17H23N7O3/c1-23-10-13(19-16(23)27)15(26)24-7-4-11(9-24)17(5-6-17)20-14(25)3-2-12-8-18-22-21-12/h8,10-11H,2-7,9H2,1H3,(H,19,27)(H,20,25)(H,18,21,22). The molecule has 2 fully saturated rings. The fourth-order valence-electron chi connectivity index (χ4n) is 3.86. The Bertz CT molecular complexity index is 894. The molecule has 10 nitrogen and oxygen atoms in total. The largest absolute Gasteiger partial charge is 0.350 e. The van der Waals surface area contributed by atoms with Crippen LogP contribution in [0.1, 0.15) is 41.9 Å². The number of nitrogens with zero attached hydrogens (tertiary/aromatic N) is 4. The molecular formula is C17H23N7O3. The van der Waals surface area contributed by atoms with E-state index < -0.39 is 0 Å². The Labute approximate surface area is 155 Å². The van der Waals surface area contributed by atoms with E-state index in [-0.39, 0.29) is 29.0 Å². The summed E-state index contributed by atoms with van der Waals surface area (Å²) in [5.74, 6) is 0.0870. The lowest BCUT2D eigenvalue weighted by molar-refractivity contribution is -0.122. The summed E-state index contributed by atoms with van der Waals surface area (Å²) in [5, 5.41) is 13.4. The number of rotatable bonds is 6. The molecule has 144 valence electrons. The van der Waals surface area contributed by atoms with E-state index in [4.69, 9.17) is 0 Å². The minimum Gasteiger partial charge on any atom is -0.350 e. The van der Waals surface area contributed by atoms with E-state index in [1.54, 1.807) is 18.1 Å². The van der Waals surface area contributed by atoms with Crippen LogP contribution >= 0.6 is 0 Å². The number of aromatic nitrogens is 5. The molecule has 27 heavy (non-hydrogen) atoms. The molecule has 1 saturated heterocycles. The van der Waals surface area contributed by atoms with Crippen molar-refractivity contribution in [1.82, 2.24) is 35.2 Å². The molecular weight excluding hydrogens is 350 g/mol. The Hall–Kier alpha value is -2.91. The molecule has 1 unspecified atom stereocenters. The summed E-state index contributed by atoms with van der Waals surface area (Å²) in [5.41, 5.74) is 0.585. The Morgan fingerprint density at radius 1 is 1.41 bits per heavy atom. The molecule has 0 spiro atoms. The molecule has 3 N–H and O–H groups in total. The van der Waals surface area contributed by atoms with E-state index in [2.05, 4.69) is 25.7 Å². The summed E-state index contributed by atoms with van der Waals surface area (Å²) in [7, 11) is 1.61. The maximum absolute atomic E-state index is 12.6. The highest BCUT2D eigenvalue weighted by atomic mass is 16.2. The van der Waals surface area contributed by atoms with Crippen LogP contribution in [0.3, 0.4) is 0 Å². The molecule has 10 heteroatoms. The molecule has 0 bridgehead atoms. The zero-order chi connectivity index (χ0) is 19.0. The van der Waals surface area contributed by atoms with Gasteiger partial charge in [-0.2, -0.15) is 15.4 Å². The molecule has 1 saturated carbocycles. The number of hydrogen-bond acceptors (Lipinski definition) is 5. The summed E-state index contributed by atoms with van der Waals surface area (Å²) in [6.45, 7) is 1.23. The van der Waals surface area contributed by atoms with Gasteiger partial charge in [0.15, 0.2) is 0 Å². The molecule has 2 aromatic heterocycles. The van der Waals surface area contributed by atoms with Crippen LogP contribution in [0.15, 0.2) is 17.2 Å². The smallest absolute Gasteiger partial charge is 0.325 e. The van der Waals surface area contributed by atoms with Crippen LogP contribution in [-0.4, -0.2) is 60.3 Å². The monoisotopic (exact) mass is 373 g/mol. The van der Waals surface area contributed by atoms with Crippen molar-refractivity contribution < 1.29 is 9.59 Å². The first-order chi connectivity index (χ1) is 13.0. The number of hydrogen-bond donors (Lipinski definition) is 3. The number of carbonyl (C=O) groups is 2. The SMILES string of the molecule is Cn1cc(C(=O)N2CCC(C3(NC(=O)CCc4cn[nH]n4)CC3)C2)[nH]c1=O. The third-order valence-electron chi connectivity index (χ3n) is 5.62. The molecule has 1 atom stereocenters. The fraction of sp³-hybridized carbons (Fsp3) is 0.588. The molecule has 0 radical (unpaired) electrons. The Morgan fingerprint density at radius 3 is 2.85 bits per heavy atom.